The van der Waals surface area contributed by atoms with Gasteiger partial charge in [0.25, 0.3) is 15.0 Å². The summed E-state index contributed by atoms with van der Waals surface area (Å²) >= 11 is 3.15. The lowest BCUT2D eigenvalue weighted by Crippen LogP contribution is -2.29. The summed E-state index contributed by atoms with van der Waals surface area (Å²) in [6.45, 7) is 2.33. The Labute approximate surface area is 131 Å². The molecule has 0 spiro atoms. The molecule has 1 N–H and O–H groups in total. The molecular weight excluding hydrogens is 370 g/mol. The molecule has 1 aromatic rings. The van der Waals surface area contributed by atoms with Crippen LogP contribution in [0.25, 0.3) is 0 Å². The third-order valence-corrected chi connectivity index (χ3v) is 4.22. The van der Waals surface area contributed by atoms with Crippen LogP contribution in [-0.2, 0) is 13.8 Å². The van der Waals surface area contributed by atoms with Gasteiger partial charge in [-0.2, -0.15) is 0 Å². The van der Waals surface area contributed by atoms with Crippen LogP contribution in [0.3, 0.4) is 0 Å². The molecule has 0 bridgehead atoms. The minimum atomic E-state index is -3.94. The number of rotatable bonds is 7. The van der Waals surface area contributed by atoms with Crippen molar-refractivity contribution in [3.63, 3.8) is 0 Å². The minimum absolute atomic E-state index is 0.0499. The van der Waals surface area contributed by atoms with Crippen molar-refractivity contribution in [1.29, 1.82) is 0 Å². The summed E-state index contributed by atoms with van der Waals surface area (Å²) in [6.07, 6.45) is 1.85. The Bertz CT molecular complexity index is 577. The van der Waals surface area contributed by atoms with Gasteiger partial charge in [-0.15, -0.1) is 0 Å². The van der Waals surface area contributed by atoms with Crippen molar-refractivity contribution in [2.24, 2.45) is 0 Å². The highest BCUT2D eigenvalue weighted by Crippen LogP contribution is 2.29. The topological polar surface area (TPSA) is 72.5 Å². The van der Waals surface area contributed by atoms with E-state index in [4.69, 9.17) is 15.4 Å². The maximum atomic E-state index is 11.5. The molecule has 0 fully saturated rings. The Hall–Kier alpha value is -0.790. The van der Waals surface area contributed by atoms with Crippen LogP contribution in [0.1, 0.15) is 19.8 Å². The molecule has 1 rings (SSSR count). The van der Waals surface area contributed by atoms with Gasteiger partial charge in [0.2, 0.25) is 0 Å². The summed E-state index contributed by atoms with van der Waals surface area (Å²) in [5.74, 6) is -0.256. The number of unbranched alkanes of at least 4 members (excludes halogenated alkanes) is 1. The molecule has 0 radical (unpaired) electrons. The first kappa shape index (κ1) is 17.3. The summed E-state index contributed by atoms with van der Waals surface area (Å²) in [5.41, 5.74) is 0. The molecule has 1 amide bonds. The van der Waals surface area contributed by atoms with Crippen LogP contribution in [0.2, 0.25) is 0 Å². The molecule has 5 nitrogen and oxygen atoms in total. The number of carbonyl (C=O) groups is 1. The maximum Gasteiger partial charge on any atom is 0.265 e. The first-order valence-electron chi connectivity index (χ1n) is 5.98. The van der Waals surface area contributed by atoms with Crippen LogP contribution in [0.5, 0.6) is 5.75 Å². The molecule has 0 saturated carbocycles. The van der Waals surface area contributed by atoms with Gasteiger partial charge >= 0.3 is 0 Å². The molecule has 1 aromatic carbocycles. The fraction of sp³-hybridized carbons (Fsp3) is 0.417. The summed E-state index contributed by atoms with van der Waals surface area (Å²) in [7, 11) is 1.38. The zero-order valence-electron chi connectivity index (χ0n) is 10.9. The maximum absolute atomic E-state index is 11.5. The van der Waals surface area contributed by atoms with Crippen LogP contribution >= 0.6 is 26.6 Å². The Balaban J connectivity index is 2.71. The Morgan fingerprint density at radius 3 is 2.75 bits per heavy atom. The lowest BCUT2D eigenvalue weighted by Gasteiger charge is -2.10. The highest BCUT2D eigenvalue weighted by Gasteiger charge is 2.18. The van der Waals surface area contributed by atoms with E-state index in [1.165, 1.54) is 12.1 Å². The van der Waals surface area contributed by atoms with Crippen molar-refractivity contribution in [2.45, 2.75) is 24.7 Å². The summed E-state index contributed by atoms with van der Waals surface area (Å²) < 4.78 is 28.6. The number of nitrogens with one attached hydrogen (secondary N) is 1. The molecule has 20 heavy (non-hydrogen) atoms. The van der Waals surface area contributed by atoms with Crippen molar-refractivity contribution >= 4 is 41.6 Å². The number of benzene rings is 1. The van der Waals surface area contributed by atoms with Crippen LogP contribution < -0.4 is 10.1 Å². The SMILES string of the molecule is CCCCNC(=O)COc1ccc(Br)cc1S(=O)(=O)Cl. The molecule has 8 heteroatoms. The molecule has 0 aliphatic carbocycles. The normalized spacial score (nSPS) is 11.2. The van der Waals surface area contributed by atoms with Gasteiger partial charge in [-0.25, -0.2) is 8.42 Å². The van der Waals surface area contributed by atoms with Gasteiger partial charge in [0.05, 0.1) is 0 Å². The molecule has 112 valence electrons. The number of amides is 1. The quantitative estimate of drug-likeness (QED) is 0.579. The van der Waals surface area contributed by atoms with E-state index in [9.17, 15) is 13.2 Å². The number of halogens is 2. The third kappa shape index (κ3) is 5.68. The standard InChI is InChI=1S/C12H15BrClNO4S/c1-2-3-6-15-12(16)8-19-10-5-4-9(13)7-11(10)20(14,17)18/h4-5,7H,2-3,6,8H2,1H3,(H,15,16). The zero-order valence-corrected chi connectivity index (χ0v) is 14.0. The highest BCUT2D eigenvalue weighted by molar-refractivity contribution is 9.10. The smallest absolute Gasteiger partial charge is 0.265 e. The first-order chi connectivity index (χ1) is 9.34. The van der Waals surface area contributed by atoms with Crippen molar-refractivity contribution in [3.05, 3.63) is 22.7 Å². The third-order valence-electron chi connectivity index (χ3n) is 2.38. The van der Waals surface area contributed by atoms with Crippen molar-refractivity contribution in [2.75, 3.05) is 13.2 Å². The molecule has 0 aromatic heterocycles. The van der Waals surface area contributed by atoms with Gasteiger partial charge in [-0.05, 0) is 24.6 Å². The predicted octanol–water partition coefficient (Wildman–Crippen LogP) is 2.67. The fourth-order valence-corrected chi connectivity index (χ4v) is 2.90. The largest absolute Gasteiger partial charge is 0.482 e. The van der Waals surface area contributed by atoms with Crippen LogP contribution in [0, 0.1) is 0 Å². The van der Waals surface area contributed by atoms with E-state index in [2.05, 4.69) is 21.2 Å². The van der Waals surface area contributed by atoms with Gasteiger partial charge in [-0.1, -0.05) is 29.3 Å². The lowest BCUT2D eigenvalue weighted by molar-refractivity contribution is -0.123. The summed E-state index contributed by atoms with van der Waals surface area (Å²) in [5, 5.41) is 2.67. The molecule has 0 saturated heterocycles. The van der Waals surface area contributed by atoms with E-state index in [1.807, 2.05) is 6.92 Å². The molecular formula is C12H15BrClNO4S. The Morgan fingerprint density at radius 2 is 2.15 bits per heavy atom. The molecule has 0 heterocycles. The van der Waals surface area contributed by atoms with E-state index >= 15 is 0 Å². The second-order valence-electron chi connectivity index (χ2n) is 4.02. The number of hydrogen-bond donors (Lipinski definition) is 1. The second-order valence-corrected chi connectivity index (χ2v) is 7.47. The van der Waals surface area contributed by atoms with Crippen LogP contribution in [0.15, 0.2) is 27.6 Å². The van der Waals surface area contributed by atoms with Crippen molar-refractivity contribution < 1.29 is 17.9 Å². The van der Waals surface area contributed by atoms with Crippen molar-refractivity contribution in [3.8, 4) is 5.75 Å². The summed E-state index contributed by atoms with van der Waals surface area (Å²) in [4.78, 5) is 11.3. The van der Waals surface area contributed by atoms with E-state index in [-0.39, 0.29) is 23.2 Å². The van der Waals surface area contributed by atoms with Gasteiger partial charge in [-0.3, -0.25) is 4.79 Å². The van der Waals surface area contributed by atoms with Crippen molar-refractivity contribution in [1.82, 2.24) is 5.32 Å². The number of ether oxygens (including phenoxy) is 1. The lowest BCUT2D eigenvalue weighted by atomic mass is 10.3. The highest BCUT2D eigenvalue weighted by atomic mass is 79.9. The van der Waals surface area contributed by atoms with Crippen LogP contribution in [-0.4, -0.2) is 27.5 Å². The molecule has 0 aliphatic rings. The Kier molecular flexibility index (Phi) is 6.78. The average molecular weight is 385 g/mol. The van der Waals surface area contributed by atoms with E-state index in [1.54, 1.807) is 6.07 Å². The van der Waals surface area contributed by atoms with Gasteiger partial charge in [0.1, 0.15) is 10.6 Å². The average Bonchev–Trinajstić information content (AvgIpc) is 2.36. The van der Waals surface area contributed by atoms with E-state index in [0.29, 0.717) is 11.0 Å². The Morgan fingerprint density at radius 1 is 1.45 bits per heavy atom. The van der Waals surface area contributed by atoms with Gasteiger partial charge < -0.3 is 10.1 Å². The van der Waals surface area contributed by atoms with E-state index in [0.717, 1.165) is 12.8 Å². The molecule has 0 aliphatic heterocycles. The predicted molar refractivity (Wildman–Crippen MR) is 80.6 cm³/mol. The first-order valence-corrected chi connectivity index (χ1v) is 9.08. The van der Waals surface area contributed by atoms with Crippen LogP contribution in [0.4, 0.5) is 0 Å². The minimum Gasteiger partial charge on any atom is -0.482 e. The van der Waals surface area contributed by atoms with Gasteiger partial charge in [0.15, 0.2) is 6.61 Å². The van der Waals surface area contributed by atoms with E-state index < -0.39 is 9.05 Å². The molecule has 0 atom stereocenters. The van der Waals surface area contributed by atoms with Gasteiger partial charge in [0, 0.05) is 21.7 Å². The fourth-order valence-electron chi connectivity index (χ4n) is 1.39. The second kappa shape index (κ2) is 7.85. The number of carbonyl (C=O) groups excluding carboxylic acids is 1. The number of hydrogen-bond acceptors (Lipinski definition) is 4. The zero-order chi connectivity index (χ0) is 15.2. The molecule has 0 unspecified atom stereocenters. The summed E-state index contributed by atoms with van der Waals surface area (Å²) in [6, 6.07) is 4.38. The monoisotopic (exact) mass is 383 g/mol.